The average Bonchev–Trinajstić information content (AvgIpc) is 3.40. The number of carbonyl (C=O) groups excluding carboxylic acids is 5. The molecule has 312 valence electrons. The van der Waals surface area contributed by atoms with Crippen LogP contribution in [0, 0.1) is 46.3 Å². The second-order valence-electron chi connectivity index (χ2n) is 18.0. The number of ether oxygens (including phenoxy) is 7. The number of allylic oxidation sites excluding steroid dienone is 1. The third-order valence-corrected chi connectivity index (χ3v) is 14.3. The average molecular weight is 786 g/mol. The summed E-state index contributed by atoms with van der Waals surface area (Å²) < 4.78 is 41.2. The van der Waals surface area contributed by atoms with E-state index >= 15 is 0 Å². The zero-order valence-corrected chi connectivity index (χ0v) is 34.7. The lowest BCUT2D eigenvalue weighted by Gasteiger charge is -2.58. The molecule has 3 saturated carbocycles. The number of esters is 5. The van der Waals surface area contributed by atoms with Crippen LogP contribution in [-0.4, -0.2) is 91.6 Å². The van der Waals surface area contributed by atoms with Gasteiger partial charge in [-0.25, -0.2) is 0 Å². The summed E-state index contributed by atoms with van der Waals surface area (Å²) in [6, 6.07) is 0. The van der Waals surface area contributed by atoms with Crippen LogP contribution in [0.3, 0.4) is 0 Å². The molecule has 0 amide bonds. The van der Waals surface area contributed by atoms with Gasteiger partial charge in [-0.3, -0.25) is 29.0 Å². The largest absolute Gasteiger partial charge is 0.463 e. The summed E-state index contributed by atoms with van der Waals surface area (Å²) in [7, 11) is 0. The minimum absolute atomic E-state index is 0.0312. The molecule has 0 aromatic heterocycles. The maximum Gasteiger partial charge on any atom is 0.303 e. The first kappa shape index (κ1) is 42.3. The molecule has 4 fully saturated rings. The van der Waals surface area contributed by atoms with Gasteiger partial charge in [-0.15, -0.1) is 0 Å². The van der Waals surface area contributed by atoms with Crippen molar-refractivity contribution in [3.63, 3.8) is 0 Å². The van der Waals surface area contributed by atoms with Gasteiger partial charge in [-0.05, 0) is 92.3 Å². The van der Waals surface area contributed by atoms with E-state index in [-0.39, 0.29) is 47.4 Å². The lowest BCUT2D eigenvalue weighted by Crippen LogP contribution is -2.63. The van der Waals surface area contributed by atoms with E-state index in [1.165, 1.54) is 45.9 Å². The van der Waals surface area contributed by atoms with Crippen molar-refractivity contribution < 1.29 is 57.1 Å². The molecule has 0 unspecified atom stereocenters. The van der Waals surface area contributed by atoms with Crippen molar-refractivity contribution in [2.45, 2.75) is 163 Å². The maximum absolute atomic E-state index is 12.5. The highest BCUT2D eigenvalue weighted by atomic mass is 16.7. The maximum atomic E-state index is 12.5. The van der Waals surface area contributed by atoms with Crippen molar-refractivity contribution in [3.05, 3.63) is 11.6 Å². The van der Waals surface area contributed by atoms with Gasteiger partial charge in [0.05, 0.1) is 6.10 Å². The third kappa shape index (κ3) is 8.59. The fraction of sp³-hybridized carbons (Fsp3) is 0.814. The summed E-state index contributed by atoms with van der Waals surface area (Å²) in [5, 5.41) is 0. The zero-order chi connectivity index (χ0) is 40.7. The van der Waals surface area contributed by atoms with E-state index in [0.717, 1.165) is 51.5 Å². The van der Waals surface area contributed by atoms with Crippen LogP contribution in [0.4, 0.5) is 0 Å². The minimum atomic E-state index is -1.28. The quantitative estimate of drug-likeness (QED) is 0.143. The highest BCUT2D eigenvalue weighted by molar-refractivity contribution is 5.87. The zero-order valence-electron chi connectivity index (χ0n) is 34.7. The van der Waals surface area contributed by atoms with Crippen molar-refractivity contribution in [1.82, 2.24) is 0 Å². The second kappa shape index (κ2) is 16.9. The summed E-state index contributed by atoms with van der Waals surface area (Å²) in [4.78, 5) is 66.3. The SMILES string of the molecule is CC(=O)OC[C@H]1O[C@H](O[C@H]2CC[C@@]3(C)C(=CC[C@@H]4[C@H]3CC[C@]3(C)[C@@H]([C@H](C)C5=NC[C@@H](C)CC5)[C@@H](OC(C)=O)C[C@@H]43)C2)[C@H](OC(C)=O)[C@@H](OC(C)=O)[C@@H]1OC(C)=O. The smallest absolute Gasteiger partial charge is 0.303 e. The number of fused-ring (bicyclic) bond motifs is 5. The van der Waals surface area contributed by atoms with Crippen molar-refractivity contribution in [2.75, 3.05) is 13.2 Å². The Kier molecular flexibility index (Phi) is 12.7. The molecule has 13 nitrogen and oxygen atoms in total. The predicted molar refractivity (Wildman–Crippen MR) is 203 cm³/mol. The molecule has 6 rings (SSSR count). The standard InChI is InChI=1S/C43H63NO12/c1-22-10-13-34(44-20-22)23(2)37-35(51-25(4)46)19-33-31-12-11-29-18-30(14-16-42(29,8)32(31)15-17-43(33,37)9)55-41-40(54-28(7)49)39(53-27(6)48)38(52-26(5)47)36(56-41)21-50-24(3)45/h11,22-23,30-33,35-41H,10,12-21H2,1-9H3/t22-,23+,30-,31+,32+,33-,35-,36+,37-,38+,39-,40+,41-,42-,43-/m0/s1. The van der Waals surface area contributed by atoms with Gasteiger partial charge in [0.25, 0.3) is 0 Å². The molecule has 56 heavy (non-hydrogen) atoms. The van der Waals surface area contributed by atoms with Gasteiger partial charge in [-0.2, -0.15) is 0 Å². The number of nitrogens with zero attached hydrogens (tertiary/aromatic N) is 1. The van der Waals surface area contributed by atoms with Gasteiger partial charge < -0.3 is 33.2 Å². The van der Waals surface area contributed by atoms with E-state index in [1.807, 2.05) is 0 Å². The minimum Gasteiger partial charge on any atom is -0.463 e. The van der Waals surface area contributed by atoms with Crippen LogP contribution < -0.4 is 0 Å². The van der Waals surface area contributed by atoms with Gasteiger partial charge in [0, 0.05) is 58.7 Å². The molecular formula is C43H63NO12. The fourth-order valence-electron chi connectivity index (χ4n) is 11.9. The first-order valence-corrected chi connectivity index (χ1v) is 20.8. The van der Waals surface area contributed by atoms with Crippen LogP contribution in [-0.2, 0) is 57.1 Å². The lowest BCUT2D eigenvalue weighted by molar-refractivity contribution is -0.318. The number of hydrogen-bond donors (Lipinski definition) is 0. The Morgan fingerprint density at radius 2 is 1.50 bits per heavy atom. The Balaban J connectivity index is 1.23. The van der Waals surface area contributed by atoms with E-state index in [1.54, 1.807) is 0 Å². The Bertz CT molecular complexity index is 1590. The van der Waals surface area contributed by atoms with E-state index in [2.05, 4.69) is 33.8 Å². The number of hydrogen-bond acceptors (Lipinski definition) is 13. The summed E-state index contributed by atoms with van der Waals surface area (Å²) in [6.07, 6.45) is 4.33. The van der Waals surface area contributed by atoms with Crippen LogP contribution in [0.25, 0.3) is 0 Å². The molecule has 0 N–H and O–H groups in total. The van der Waals surface area contributed by atoms with E-state index < -0.39 is 54.6 Å². The molecule has 0 spiro atoms. The van der Waals surface area contributed by atoms with Gasteiger partial charge in [0.1, 0.15) is 18.8 Å². The first-order chi connectivity index (χ1) is 26.4. The van der Waals surface area contributed by atoms with Crippen molar-refractivity contribution >= 4 is 35.6 Å². The molecular weight excluding hydrogens is 722 g/mol. The van der Waals surface area contributed by atoms with E-state index in [0.29, 0.717) is 36.5 Å². The van der Waals surface area contributed by atoms with Crippen LogP contribution in [0.1, 0.15) is 120 Å². The highest BCUT2D eigenvalue weighted by Crippen LogP contribution is 2.68. The molecule has 15 atom stereocenters. The Morgan fingerprint density at radius 1 is 0.839 bits per heavy atom. The van der Waals surface area contributed by atoms with Crippen LogP contribution >= 0.6 is 0 Å². The molecule has 2 aliphatic heterocycles. The number of carbonyl (C=O) groups is 5. The summed E-state index contributed by atoms with van der Waals surface area (Å²) in [5.41, 5.74) is 2.62. The fourth-order valence-corrected chi connectivity index (χ4v) is 11.9. The molecule has 2 heterocycles. The van der Waals surface area contributed by atoms with Crippen LogP contribution in [0.2, 0.25) is 0 Å². The Morgan fingerprint density at radius 3 is 2.12 bits per heavy atom. The predicted octanol–water partition coefficient (Wildman–Crippen LogP) is 6.08. The summed E-state index contributed by atoms with van der Waals surface area (Å²) in [5.74, 6) is -0.375. The first-order valence-electron chi connectivity index (χ1n) is 20.8. The van der Waals surface area contributed by atoms with Crippen LogP contribution in [0.15, 0.2) is 16.6 Å². The number of rotatable bonds is 10. The lowest BCUT2D eigenvalue weighted by atomic mass is 9.47. The second-order valence-corrected chi connectivity index (χ2v) is 18.0. The topological polar surface area (TPSA) is 162 Å². The van der Waals surface area contributed by atoms with Crippen molar-refractivity contribution in [1.29, 1.82) is 0 Å². The summed E-state index contributed by atoms with van der Waals surface area (Å²) >= 11 is 0. The van der Waals surface area contributed by atoms with Gasteiger partial charge >= 0.3 is 29.8 Å². The molecule has 1 saturated heterocycles. The third-order valence-electron chi connectivity index (χ3n) is 14.3. The normalized spacial score (nSPS) is 40.9. The van der Waals surface area contributed by atoms with E-state index in [9.17, 15) is 24.0 Å². The van der Waals surface area contributed by atoms with Gasteiger partial charge in [0.2, 0.25) is 0 Å². The Labute approximate surface area is 331 Å². The molecule has 4 aliphatic carbocycles. The number of aliphatic imine (C=N–C) groups is 1. The molecule has 0 radical (unpaired) electrons. The van der Waals surface area contributed by atoms with E-state index in [4.69, 9.17) is 38.2 Å². The molecule has 0 aromatic carbocycles. The molecule has 6 aliphatic rings. The van der Waals surface area contributed by atoms with Crippen LogP contribution in [0.5, 0.6) is 0 Å². The monoisotopic (exact) mass is 785 g/mol. The van der Waals surface area contributed by atoms with Gasteiger partial charge in [-0.1, -0.05) is 39.3 Å². The van der Waals surface area contributed by atoms with Crippen molar-refractivity contribution in [3.8, 4) is 0 Å². The molecule has 0 aromatic rings. The molecule has 13 heteroatoms. The van der Waals surface area contributed by atoms with Crippen molar-refractivity contribution in [2.24, 2.45) is 51.3 Å². The Hall–Kier alpha value is -3.32. The van der Waals surface area contributed by atoms with Gasteiger partial charge in [0.15, 0.2) is 24.6 Å². The highest BCUT2D eigenvalue weighted by Gasteiger charge is 2.63. The summed E-state index contributed by atoms with van der Waals surface area (Å²) in [6.45, 7) is 16.4. The molecule has 0 bridgehead atoms.